The van der Waals surface area contributed by atoms with Gasteiger partial charge in [0.05, 0.1) is 18.4 Å². The van der Waals surface area contributed by atoms with E-state index < -0.39 is 0 Å². The molecule has 2 unspecified atom stereocenters. The fourth-order valence-corrected chi connectivity index (χ4v) is 1.59. The monoisotopic (exact) mass is 181 g/mol. The molecule has 4 heteroatoms. The Labute approximate surface area is 78.3 Å². The van der Waals surface area contributed by atoms with Gasteiger partial charge in [0, 0.05) is 12.6 Å². The molecular formula is C9H15N3O. The summed E-state index contributed by atoms with van der Waals surface area (Å²) in [4.78, 5) is 11.5. The van der Waals surface area contributed by atoms with E-state index in [0.717, 1.165) is 13.0 Å². The fourth-order valence-electron chi connectivity index (χ4n) is 1.59. The Hall–Kier alpha value is -1.08. The van der Waals surface area contributed by atoms with E-state index in [1.54, 1.807) is 0 Å². The number of amides is 1. The molecule has 72 valence electrons. The summed E-state index contributed by atoms with van der Waals surface area (Å²) in [6, 6.07) is 2.26. The molecule has 0 radical (unpaired) electrons. The summed E-state index contributed by atoms with van der Waals surface area (Å²) in [7, 11) is 0. The Kier molecular flexibility index (Phi) is 3.71. The van der Waals surface area contributed by atoms with Crippen LogP contribution in [0.5, 0.6) is 0 Å². The number of carbonyl (C=O) groups excluding carboxylic acids is 1. The van der Waals surface area contributed by atoms with Crippen molar-refractivity contribution in [1.29, 1.82) is 5.26 Å². The van der Waals surface area contributed by atoms with Gasteiger partial charge >= 0.3 is 0 Å². The van der Waals surface area contributed by atoms with Gasteiger partial charge in [-0.3, -0.25) is 4.79 Å². The molecule has 1 aliphatic heterocycles. The first-order valence-electron chi connectivity index (χ1n) is 4.63. The average molecular weight is 181 g/mol. The van der Waals surface area contributed by atoms with Crippen LogP contribution in [0.1, 0.15) is 19.8 Å². The molecule has 0 aromatic carbocycles. The van der Waals surface area contributed by atoms with E-state index in [4.69, 9.17) is 5.26 Å². The Bertz CT molecular complexity index is 221. The normalized spacial score (nSPS) is 26.8. The molecule has 0 saturated carbocycles. The van der Waals surface area contributed by atoms with E-state index in [1.807, 2.05) is 13.0 Å². The standard InChI is InChI=1S/C9H15N3O/c1-7-8(3-6-11-7)9(13)12-5-2-4-10/h7-8,11H,2-3,5-6H2,1H3,(H,12,13). The summed E-state index contributed by atoms with van der Waals surface area (Å²) in [5.74, 6) is 0.159. The van der Waals surface area contributed by atoms with Gasteiger partial charge in [-0.2, -0.15) is 5.26 Å². The number of hydrogen-bond donors (Lipinski definition) is 2. The van der Waals surface area contributed by atoms with E-state index in [-0.39, 0.29) is 17.9 Å². The van der Waals surface area contributed by atoms with Crippen LogP contribution >= 0.6 is 0 Å². The van der Waals surface area contributed by atoms with Gasteiger partial charge in [0.2, 0.25) is 5.91 Å². The smallest absolute Gasteiger partial charge is 0.224 e. The van der Waals surface area contributed by atoms with Gasteiger partial charge in [-0.15, -0.1) is 0 Å². The molecule has 4 nitrogen and oxygen atoms in total. The van der Waals surface area contributed by atoms with Gasteiger partial charge in [0.1, 0.15) is 0 Å². The minimum Gasteiger partial charge on any atom is -0.355 e. The predicted octanol–water partition coefficient (Wildman–Crippen LogP) is 0.0143. The summed E-state index contributed by atoms with van der Waals surface area (Å²) in [6.07, 6.45) is 1.29. The molecule has 1 fully saturated rings. The highest BCUT2D eigenvalue weighted by Crippen LogP contribution is 2.14. The maximum absolute atomic E-state index is 11.5. The molecule has 0 aromatic heterocycles. The van der Waals surface area contributed by atoms with Crippen LogP contribution in [0.25, 0.3) is 0 Å². The minimum absolute atomic E-state index is 0.0766. The lowest BCUT2D eigenvalue weighted by Crippen LogP contribution is -2.37. The van der Waals surface area contributed by atoms with Crippen molar-refractivity contribution in [2.45, 2.75) is 25.8 Å². The molecule has 1 saturated heterocycles. The van der Waals surface area contributed by atoms with Gasteiger partial charge in [-0.1, -0.05) is 0 Å². The van der Waals surface area contributed by atoms with Crippen molar-refractivity contribution in [3.63, 3.8) is 0 Å². The van der Waals surface area contributed by atoms with Crippen LogP contribution < -0.4 is 10.6 Å². The van der Waals surface area contributed by atoms with Crippen molar-refractivity contribution >= 4 is 5.91 Å². The Morgan fingerprint density at radius 2 is 2.54 bits per heavy atom. The quantitative estimate of drug-likeness (QED) is 0.603. The number of carbonyl (C=O) groups is 1. The maximum Gasteiger partial charge on any atom is 0.224 e. The Morgan fingerprint density at radius 3 is 3.08 bits per heavy atom. The molecule has 13 heavy (non-hydrogen) atoms. The van der Waals surface area contributed by atoms with E-state index in [0.29, 0.717) is 13.0 Å². The van der Waals surface area contributed by atoms with E-state index in [9.17, 15) is 4.79 Å². The lowest BCUT2D eigenvalue weighted by molar-refractivity contribution is -0.125. The zero-order chi connectivity index (χ0) is 9.68. The van der Waals surface area contributed by atoms with E-state index >= 15 is 0 Å². The number of nitrogens with one attached hydrogen (secondary N) is 2. The second-order valence-electron chi connectivity index (χ2n) is 3.34. The lowest BCUT2D eigenvalue weighted by Gasteiger charge is -2.13. The number of hydrogen-bond acceptors (Lipinski definition) is 3. The summed E-state index contributed by atoms with van der Waals surface area (Å²) in [5, 5.41) is 14.3. The number of nitrogens with zero attached hydrogens (tertiary/aromatic N) is 1. The molecule has 0 aliphatic carbocycles. The average Bonchev–Trinajstić information content (AvgIpc) is 2.52. The molecule has 1 heterocycles. The molecular weight excluding hydrogens is 166 g/mol. The van der Waals surface area contributed by atoms with Gasteiger partial charge in [-0.25, -0.2) is 0 Å². The zero-order valence-electron chi connectivity index (χ0n) is 7.84. The Morgan fingerprint density at radius 1 is 1.77 bits per heavy atom. The highest BCUT2D eigenvalue weighted by Gasteiger charge is 2.28. The molecule has 1 amide bonds. The van der Waals surface area contributed by atoms with Crippen molar-refractivity contribution in [3.05, 3.63) is 0 Å². The Balaban J connectivity index is 2.27. The number of rotatable bonds is 3. The first-order valence-corrected chi connectivity index (χ1v) is 4.63. The highest BCUT2D eigenvalue weighted by molar-refractivity contribution is 5.79. The predicted molar refractivity (Wildman–Crippen MR) is 48.8 cm³/mol. The molecule has 0 aromatic rings. The molecule has 2 atom stereocenters. The van der Waals surface area contributed by atoms with Crippen LogP contribution in [0.3, 0.4) is 0 Å². The minimum atomic E-state index is 0.0766. The third-order valence-corrected chi connectivity index (χ3v) is 2.40. The van der Waals surface area contributed by atoms with Crippen LogP contribution in [0.4, 0.5) is 0 Å². The van der Waals surface area contributed by atoms with Crippen molar-refractivity contribution in [2.75, 3.05) is 13.1 Å². The summed E-state index contributed by atoms with van der Waals surface area (Å²) in [5.41, 5.74) is 0. The second-order valence-corrected chi connectivity index (χ2v) is 3.34. The molecule has 2 N–H and O–H groups in total. The molecule has 1 aliphatic rings. The topological polar surface area (TPSA) is 64.9 Å². The van der Waals surface area contributed by atoms with Crippen molar-refractivity contribution in [3.8, 4) is 6.07 Å². The third-order valence-electron chi connectivity index (χ3n) is 2.40. The van der Waals surface area contributed by atoms with Crippen LogP contribution in [0.15, 0.2) is 0 Å². The van der Waals surface area contributed by atoms with E-state index in [2.05, 4.69) is 10.6 Å². The van der Waals surface area contributed by atoms with Crippen LogP contribution in [-0.4, -0.2) is 25.0 Å². The van der Waals surface area contributed by atoms with Gasteiger partial charge in [0.15, 0.2) is 0 Å². The van der Waals surface area contributed by atoms with Gasteiger partial charge in [0.25, 0.3) is 0 Å². The molecule has 1 rings (SSSR count). The second kappa shape index (κ2) is 4.83. The zero-order valence-corrected chi connectivity index (χ0v) is 7.84. The molecule has 0 bridgehead atoms. The molecule has 0 spiro atoms. The largest absolute Gasteiger partial charge is 0.355 e. The van der Waals surface area contributed by atoms with Crippen LogP contribution in [-0.2, 0) is 4.79 Å². The van der Waals surface area contributed by atoms with Crippen LogP contribution in [0.2, 0.25) is 0 Å². The first-order chi connectivity index (χ1) is 6.25. The maximum atomic E-state index is 11.5. The number of nitriles is 1. The van der Waals surface area contributed by atoms with Gasteiger partial charge in [-0.05, 0) is 19.9 Å². The fraction of sp³-hybridized carbons (Fsp3) is 0.778. The summed E-state index contributed by atoms with van der Waals surface area (Å²) in [6.45, 7) is 3.40. The lowest BCUT2D eigenvalue weighted by atomic mass is 10.0. The SMILES string of the molecule is CC1NCCC1C(=O)NCCC#N. The van der Waals surface area contributed by atoms with Crippen molar-refractivity contribution < 1.29 is 4.79 Å². The van der Waals surface area contributed by atoms with Crippen molar-refractivity contribution in [2.24, 2.45) is 5.92 Å². The van der Waals surface area contributed by atoms with E-state index in [1.165, 1.54) is 0 Å². The summed E-state index contributed by atoms with van der Waals surface area (Å²) >= 11 is 0. The third kappa shape index (κ3) is 2.71. The van der Waals surface area contributed by atoms with Crippen LogP contribution in [0, 0.1) is 17.2 Å². The highest BCUT2D eigenvalue weighted by atomic mass is 16.1. The first kappa shape index (κ1) is 10.0. The van der Waals surface area contributed by atoms with Gasteiger partial charge < -0.3 is 10.6 Å². The van der Waals surface area contributed by atoms with Crippen molar-refractivity contribution in [1.82, 2.24) is 10.6 Å². The summed E-state index contributed by atoms with van der Waals surface area (Å²) < 4.78 is 0.